The van der Waals surface area contributed by atoms with Crippen molar-refractivity contribution in [1.29, 1.82) is 0 Å². The number of hydrogen-bond donors (Lipinski definition) is 1. The first-order chi connectivity index (χ1) is 11.7. The number of ether oxygens (including phenoxy) is 2. The summed E-state index contributed by atoms with van der Waals surface area (Å²) in [6, 6.07) is 16.4. The van der Waals surface area contributed by atoms with Gasteiger partial charge in [0.15, 0.2) is 6.10 Å². The van der Waals surface area contributed by atoms with E-state index in [-0.39, 0.29) is 19.1 Å². The highest BCUT2D eigenvalue weighted by Crippen LogP contribution is 2.22. The van der Waals surface area contributed by atoms with Crippen molar-refractivity contribution in [3.63, 3.8) is 0 Å². The minimum Gasteiger partial charge on any atom is -0.481 e. The van der Waals surface area contributed by atoms with Gasteiger partial charge in [-0.1, -0.05) is 53.8 Å². The van der Waals surface area contributed by atoms with Gasteiger partial charge >= 0.3 is 0 Å². The van der Waals surface area contributed by atoms with Gasteiger partial charge in [-0.15, -0.1) is 0 Å². The van der Waals surface area contributed by atoms with Gasteiger partial charge in [-0.2, -0.15) is 0 Å². The summed E-state index contributed by atoms with van der Waals surface area (Å²) in [6.07, 6.45) is -0.589. The Labute approximate surface area is 146 Å². The summed E-state index contributed by atoms with van der Waals surface area (Å²) in [5.74, 6) is 6.65. The van der Waals surface area contributed by atoms with Crippen LogP contribution in [0.25, 0.3) is 0 Å². The third-order valence-electron chi connectivity index (χ3n) is 3.04. The molecular formula is C19H18ClNO3. The summed E-state index contributed by atoms with van der Waals surface area (Å²) in [5.41, 5.74) is 0. The Hall–Kier alpha value is -2.64. The van der Waals surface area contributed by atoms with Crippen LogP contribution in [0.3, 0.4) is 0 Å². The topological polar surface area (TPSA) is 47.6 Å². The van der Waals surface area contributed by atoms with Crippen LogP contribution < -0.4 is 14.8 Å². The average molecular weight is 344 g/mol. The molecule has 2 aromatic rings. The molecule has 0 aliphatic heterocycles. The van der Waals surface area contributed by atoms with E-state index in [1.807, 2.05) is 30.3 Å². The van der Waals surface area contributed by atoms with Crippen LogP contribution >= 0.6 is 11.6 Å². The van der Waals surface area contributed by atoms with Gasteiger partial charge in [-0.25, -0.2) is 0 Å². The standard InChI is InChI=1S/C19H18ClNO3/c1-15(24-16-9-3-2-4-10-16)19(22)21-13-7-8-14-23-18-12-6-5-11-17(18)20/h2-6,9-12,15H,13-14H2,1H3,(H,21,22). The van der Waals surface area contributed by atoms with Gasteiger partial charge in [0, 0.05) is 0 Å². The molecule has 124 valence electrons. The summed E-state index contributed by atoms with van der Waals surface area (Å²) in [6.45, 7) is 2.12. The SMILES string of the molecule is CC(Oc1ccccc1)C(=O)NCC#CCOc1ccccc1Cl. The average Bonchev–Trinajstić information content (AvgIpc) is 2.60. The van der Waals surface area contributed by atoms with Crippen molar-refractivity contribution >= 4 is 17.5 Å². The minimum atomic E-state index is -0.589. The number of carbonyl (C=O) groups excluding carboxylic acids is 1. The number of hydrogen-bond acceptors (Lipinski definition) is 3. The molecule has 0 aromatic heterocycles. The summed E-state index contributed by atoms with van der Waals surface area (Å²) in [4.78, 5) is 11.9. The van der Waals surface area contributed by atoms with Crippen LogP contribution in [0, 0.1) is 11.8 Å². The van der Waals surface area contributed by atoms with Crippen molar-refractivity contribution in [2.75, 3.05) is 13.2 Å². The second kappa shape index (κ2) is 9.49. The summed E-state index contributed by atoms with van der Waals surface area (Å²) < 4.78 is 11.0. The zero-order valence-corrected chi connectivity index (χ0v) is 14.0. The molecule has 4 nitrogen and oxygen atoms in total. The first-order valence-corrected chi connectivity index (χ1v) is 7.87. The highest BCUT2D eigenvalue weighted by atomic mass is 35.5. The zero-order valence-electron chi connectivity index (χ0n) is 13.3. The number of amides is 1. The zero-order chi connectivity index (χ0) is 17.2. The van der Waals surface area contributed by atoms with E-state index in [9.17, 15) is 4.79 Å². The molecule has 0 saturated heterocycles. The monoisotopic (exact) mass is 343 g/mol. The maximum atomic E-state index is 11.9. The van der Waals surface area contributed by atoms with E-state index in [1.54, 1.807) is 31.2 Å². The van der Waals surface area contributed by atoms with Gasteiger partial charge in [0.05, 0.1) is 11.6 Å². The number of benzene rings is 2. The van der Waals surface area contributed by atoms with E-state index < -0.39 is 6.10 Å². The molecule has 0 aliphatic rings. The molecule has 2 rings (SSSR count). The Morgan fingerprint density at radius 3 is 2.58 bits per heavy atom. The van der Waals surface area contributed by atoms with Crippen molar-refractivity contribution < 1.29 is 14.3 Å². The normalized spacial score (nSPS) is 10.9. The molecule has 2 aromatic carbocycles. The van der Waals surface area contributed by atoms with Gasteiger partial charge in [-0.3, -0.25) is 4.79 Å². The molecule has 0 radical (unpaired) electrons. The highest BCUT2D eigenvalue weighted by Gasteiger charge is 2.13. The molecule has 0 fully saturated rings. The Kier molecular flexibility index (Phi) is 7.00. The summed E-state index contributed by atoms with van der Waals surface area (Å²) in [7, 11) is 0. The lowest BCUT2D eigenvalue weighted by atomic mass is 10.3. The highest BCUT2D eigenvalue weighted by molar-refractivity contribution is 6.32. The largest absolute Gasteiger partial charge is 0.481 e. The molecule has 0 heterocycles. The number of nitrogens with one attached hydrogen (secondary N) is 1. The molecule has 1 amide bonds. The van der Waals surface area contributed by atoms with Gasteiger partial charge in [0.1, 0.15) is 18.1 Å². The van der Waals surface area contributed by atoms with E-state index in [0.717, 1.165) is 0 Å². The Morgan fingerprint density at radius 2 is 1.83 bits per heavy atom. The van der Waals surface area contributed by atoms with Crippen molar-refractivity contribution in [1.82, 2.24) is 5.32 Å². The number of rotatable bonds is 6. The van der Waals surface area contributed by atoms with Gasteiger partial charge in [0.2, 0.25) is 0 Å². The van der Waals surface area contributed by atoms with E-state index >= 15 is 0 Å². The second-order valence-electron chi connectivity index (χ2n) is 4.86. The Balaban J connectivity index is 1.68. The van der Waals surface area contributed by atoms with Crippen LogP contribution in [0.1, 0.15) is 6.92 Å². The van der Waals surface area contributed by atoms with Crippen LogP contribution in [-0.4, -0.2) is 25.2 Å². The second-order valence-corrected chi connectivity index (χ2v) is 5.27. The van der Waals surface area contributed by atoms with Crippen molar-refractivity contribution in [3.05, 3.63) is 59.6 Å². The number of halogens is 1. The van der Waals surface area contributed by atoms with Crippen LogP contribution in [-0.2, 0) is 4.79 Å². The molecule has 0 aliphatic carbocycles. The van der Waals surface area contributed by atoms with Gasteiger partial charge in [0.25, 0.3) is 5.91 Å². The van der Waals surface area contributed by atoms with Crippen molar-refractivity contribution in [2.45, 2.75) is 13.0 Å². The maximum Gasteiger partial charge on any atom is 0.261 e. The summed E-state index contributed by atoms with van der Waals surface area (Å²) in [5, 5.41) is 3.23. The number of carbonyl (C=O) groups is 1. The molecule has 1 unspecified atom stereocenters. The lowest BCUT2D eigenvalue weighted by Gasteiger charge is -2.13. The van der Waals surface area contributed by atoms with E-state index in [2.05, 4.69) is 17.2 Å². The fourth-order valence-electron chi connectivity index (χ4n) is 1.82. The van der Waals surface area contributed by atoms with Crippen LogP contribution in [0.5, 0.6) is 11.5 Å². The maximum absolute atomic E-state index is 11.9. The predicted molar refractivity (Wildman–Crippen MR) is 94.3 cm³/mol. The van der Waals surface area contributed by atoms with E-state index in [1.165, 1.54) is 0 Å². The molecule has 0 saturated carbocycles. The molecule has 0 bridgehead atoms. The van der Waals surface area contributed by atoms with Crippen molar-refractivity contribution in [3.8, 4) is 23.3 Å². The molecule has 1 N–H and O–H groups in total. The van der Waals surface area contributed by atoms with E-state index in [0.29, 0.717) is 16.5 Å². The van der Waals surface area contributed by atoms with Crippen LogP contribution in [0.15, 0.2) is 54.6 Å². The Morgan fingerprint density at radius 1 is 1.12 bits per heavy atom. The van der Waals surface area contributed by atoms with E-state index in [4.69, 9.17) is 21.1 Å². The number of para-hydroxylation sites is 2. The molecule has 0 spiro atoms. The van der Waals surface area contributed by atoms with Gasteiger partial charge < -0.3 is 14.8 Å². The third-order valence-corrected chi connectivity index (χ3v) is 3.35. The lowest BCUT2D eigenvalue weighted by molar-refractivity contribution is -0.126. The molecule has 24 heavy (non-hydrogen) atoms. The molecular weight excluding hydrogens is 326 g/mol. The van der Waals surface area contributed by atoms with Crippen LogP contribution in [0.2, 0.25) is 5.02 Å². The van der Waals surface area contributed by atoms with Crippen LogP contribution in [0.4, 0.5) is 0 Å². The smallest absolute Gasteiger partial charge is 0.261 e. The first kappa shape index (κ1) is 17.7. The minimum absolute atomic E-state index is 0.204. The Bertz CT molecular complexity index is 722. The van der Waals surface area contributed by atoms with Gasteiger partial charge in [-0.05, 0) is 31.2 Å². The molecule has 1 atom stereocenters. The fourth-order valence-corrected chi connectivity index (χ4v) is 2.01. The quantitative estimate of drug-likeness (QED) is 0.819. The third kappa shape index (κ3) is 5.86. The summed E-state index contributed by atoms with van der Waals surface area (Å²) >= 11 is 5.96. The molecule has 5 heteroatoms. The first-order valence-electron chi connectivity index (χ1n) is 7.49. The fraction of sp³-hybridized carbons (Fsp3) is 0.211. The van der Waals surface area contributed by atoms with Crippen molar-refractivity contribution in [2.24, 2.45) is 0 Å². The predicted octanol–water partition coefficient (Wildman–Crippen LogP) is 3.31. The lowest BCUT2D eigenvalue weighted by Crippen LogP contribution is -2.36.